The first kappa shape index (κ1) is 11.0. The average Bonchev–Trinajstić information content (AvgIpc) is 2.18. The second kappa shape index (κ2) is 4.41. The van der Waals surface area contributed by atoms with E-state index in [9.17, 15) is 9.59 Å². The number of rotatable bonds is 4. The number of ether oxygens (including phenoxy) is 1. The molecule has 6 heteroatoms. The molecule has 1 unspecified atom stereocenters. The molecule has 1 aromatic heterocycles. The van der Waals surface area contributed by atoms with Gasteiger partial charge in [0.2, 0.25) is 0 Å². The quantitative estimate of drug-likeness (QED) is 0.758. The zero-order chi connectivity index (χ0) is 11.4. The molecule has 0 fully saturated rings. The van der Waals surface area contributed by atoms with Gasteiger partial charge in [-0.1, -0.05) is 0 Å². The topological polar surface area (TPSA) is 96.7 Å². The molecule has 0 spiro atoms. The highest BCUT2D eigenvalue weighted by Gasteiger charge is 2.12. The Morgan fingerprint density at radius 3 is 2.47 bits per heavy atom. The van der Waals surface area contributed by atoms with Gasteiger partial charge in [-0.3, -0.25) is 0 Å². The minimum absolute atomic E-state index is 0.120. The number of aromatic carboxylic acids is 1. The number of aromatic nitrogens is 1. The first-order chi connectivity index (χ1) is 7.00. The van der Waals surface area contributed by atoms with E-state index in [1.165, 1.54) is 25.3 Å². The second-order valence-corrected chi connectivity index (χ2v) is 2.78. The lowest BCUT2D eigenvalue weighted by Gasteiger charge is -2.09. The highest BCUT2D eigenvalue weighted by Crippen LogP contribution is 2.11. The van der Waals surface area contributed by atoms with Crippen molar-refractivity contribution in [3.05, 3.63) is 24.0 Å². The number of aliphatic carboxylic acids is 1. The summed E-state index contributed by atoms with van der Waals surface area (Å²) in [5.41, 5.74) is -0.120. The summed E-state index contributed by atoms with van der Waals surface area (Å²) in [5, 5.41) is 17.1. The van der Waals surface area contributed by atoms with Gasteiger partial charge in [-0.15, -0.1) is 0 Å². The summed E-state index contributed by atoms with van der Waals surface area (Å²) in [7, 11) is 0. The van der Waals surface area contributed by atoms with Crippen LogP contribution in [0.4, 0.5) is 0 Å². The first-order valence-electron chi connectivity index (χ1n) is 4.09. The van der Waals surface area contributed by atoms with E-state index in [0.717, 1.165) is 0 Å². The van der Waals surface area contributed by atoms with E-state index < -0.39 is 18.0 Å². The molecule has 1 rings (SSSR count). The van der Waals surface area contributed by atoms with Crippen molar-refractivity contribution in [1.29, 1.82) is 0 Å². The Balaban J connectivity index is 2.72. The van der Waals surface area contributed by atoms with Crippen LogP contribution < -0.4 is 4.74 Å². The number of hydrogen-bond acceptors (Lipinski definition) is 4. The van der Waals surface area contributed by atoms with Crippen LogP contribution in [0.25, 0.3) is 0 Å². The molecule has 1 atom stereocenters. The van der Waals surface area contributed by atoms with Gasteiger partial charge >= 0.3 is 11.9 Å². The predicted octanol–water partition coefficient (Wildman–Crippen LogP) is 0.632. The molecule has 80 valence electrons. The van der Waals surface area contributed by atoms with Crippen LogP contribution in [0, 0.1) is 0 Å². The van der Waals surface area contributed by atoms with Gasteiger partial charge in [-0.2, -0.15) is 0 Å². The molecule has 0 saturated carbocycles. The van der Waals surface area contributed by atoms with E-state index in [0.29, 0.717) is 0 Å². The Hall–Kier alpha value is -2.11. The Kier molecular flexibility index (Phi) is 3.22. The number of carboxylic acids is 2. The zero-order valence-electron chi connectivity index (χ0n) is 7.88. The fraction of sp³-hybridized carbons (Fsp3) is 0.222. The molecule has 0 aliphatic heterocycles. The Labute approximate surface area is 85.1 Å². The Morgan fingerprint density at radius 2 is 2.07 bits per heavy atom. The van der Waals surface area contributed by atoms with E-state index in [1.807, 2.05) is 0 Å². The monoisotopic (exact) mass is 211 g/mol. The summed E-state index contributed by atoms with van der Waals surface area (Å²) in [5.74, 6) is -2.03. The van der Waals surface area contributed by atoms with Crippen LogP contribution in [0.1, 0.15) is 17.4 Å². The van der Waals surface area contributed by atoms with Gasteiger partial charge in [-0.05, 0) is 19.1 Å². The Morgan fingerprint density at radius 1 is 1.40 bits per heavy atom. The van der Waals surface area contributed by atoms with E-state index in [-0.39, 0.29) is 11.4 Å². The number of carboxylic acid groups (broad SMARTS) is 2. The smallest absolute Gasteiger partial charge is 0.354 e. The normalized spacial score (nSPS) is 11.8. The van der Waals surface area contributed by atoms with Crippen LogP contribution in [-0.2, 0) is 4.79 Å². The summed E-state index contributed by atoms with van der Waals surface area (Å²) in [6, 6.07) is 2.60. The van der Waals surface area contributed by atoms with Crippen molar-refractivity contribution in [2.24, 2.45) is 0 Å². The lowest BCUT2D eigenvalue weighted by molar-refractivity contribution is -0.144. The molecule has 0 aliphatic carbocycles. The molecule has 0 radical (unpaired) electrons. The van der Waals surface area contributed by atoms with E-state index in [1.54, 1.807) is 0 Å². The SMILES string of the molecule is CC(Oc1ccc(C(=O)O)nc1)C(=O)O. The van der Waals surface area contributed by atoms with Crippen molar-refractivity contribution in [2.45, 2.75) is 13.0 Å². The molecule has 0 aliphatic rings. The molecule has 6 nitrogen and oxygen atoms in total. The predicted molar refractivity (Wildman–Crippen MR) is 48.9 cm³/mol. The number of hydrogen-bond donors (Lipinski definition) is 2. The maximum absolute atomic E-state index is 10.4. The van der Waals surface area contributed by atoms with Crippen LogP contribution >= 0.6 is 0 Å². The third-order valence-corrected chi connectivity index (χ3v) is 1.62. The molecule has 1 aromatic rings. The van der Waals surface area contributed by atoms with Crippen LogP contribution in [0.3, 0.4) is 0 Å². The molecule has 1 heterocycles. The number of carbonyl (C=O) groups is 2. The second-order valence-electron chi connectivity index (χ2n) is 2.78. The standard InChI is InChI=1S/C9H9NO5/c1-5(8(11)12)15-6-2-3-7(9(13)14)10-4-6/h2-5H,1H3,(H,11,12)(H,13,14). The van der Waals surface area contributed by atoms with E-state index in [2.05, 4.69) is 4.98 Å². The van der Waals surface area contributed by atoms with Crippen LogP contribution in [0.15, 0.2) is 18.3 Å². The summed E-state index contributed by atoms with van der Waals surface area (Å²) >= 11 is 0. The van der Waals surface area contributed by atoms with Gasteiger partial charge in [0.05, 0.1) is 6.20 Å². The van der Waals surface area contributed by atoms with Crippen molar-refractivity contribution in [1.82, 2.24) is 4.98 Å². The van der Waals surface area contributed by atoms with Crippen molar-refractivity contribution in [3.8, 4) is 5.75 Å². The largest absolute Gasteiger partial charge is 0.479 e. The minimum Gasteiger partial charge on any atom is -0.479 e. The fourth-order valence-electron chi connectivity index (χ4n) is 0.831. The van der Waals surface area contributed by atoms with Crippen LogP contribution in [0.2, 0.25) is 0 Å². The number of nitrogens with zero attached hydrogens (tertiary/aromatic N) is 1. The number of pyridine rings is 1. The average molecular weight is 211 g/mol. The molecule has 15 heavy (non-hydrogen) atoms. The summed E-state index contributed by atoms with van der Waals surface area (Å²) in [6.07, 6.45) is 0.172. The molecule has 0 bridgehead atoms. The van der Waals surface area contributed by atoms with Crippen LogP contribution in [-0.4, -0.2) is 33.2 Å². The summed E-state index contributed by atoms with van der Waals surface area (Å²) < 4.78 is 4.96. The van der Waals surface area contributed by atoms with Gasteiger partial charge in [0.25, 0.3) is 0 Å². The molecule has 0 aromatic carbocycles. The molecule has 2 N–H and O–H groups in total. The minimum atomic E-state index is -1.15. The molecular weight excluding hydrogens is 202 g/mol. The molecular formula is C9H9NO5. The van der Waals surface area contributed by atoms with Crippen LogP contribution in [0.5, 0.6) is 5.75 Å². The third-order valence-electron chi connectivity index (χ3n) is 1.62. The fourth-order valence-corrected chi connectivity index (χ4v) is 0.831. The Bertz CT molecular complexity index is 373. The van der Waals surface area contributed by atoms with Crippen molar-refractivity contribution >= 4 is 11.9 Å². The van der Waals surface area contributed by atoms with Crippen molar-refractivity contribution in [3.63, 3.8) is 0 Å². The van der Waals surface area contributed by atoms with E-state index >= 15 is 0 Å². The van der Waals surface area contributed by atoms with Gasteiger partial charge in [0.1, 0.15) is 11.4 Å². The van der Waals surface area contributed by atoms with Crippen molar-refractivity contribution in [2.75, 3.05) is 0 Å². The van der Waals surface area contributed by atoms with Crippen molar-refractivity contribution < 1.29 is 24.5 Å². The van der Waals surface area contributed by atoms with Gasteiger partial charge in [-0.25, -0.2) is 14.6 Å². The summed E-state index contributed by atoms with van der Waals surface area (Å²) in [4.78, 5) is 24.5. The lowest BCUT2D eigenvalue weighted by atomic mass is 10.3. The van der Waals surface area contributed by atoms with Gasteiger partial charge < -0.3 is 14.9 Å². The first-order valence-corrected chi connectivity index (χ1v) is 4.09. The maximum atomic E-state index is 10.4. The third kappa shape index (κ3) is 2.94. The van der Waals surface area contributed by atoms with E-state index in [4.69, 9.17) is 14.9 Å². The summed E-state index contributed by atoms with van der Waals surface area (Å²) in [6.45, 7) is 1.37. The zero-order valence-corrected chi connectivity index (χ0v) is 7.88. The van der Waals surface area contributed by atoms with Gasteiger partial charge in [0, 0.05) is 0 Å². The maximum Gasteiger partial charge on any atom is 0.354 e. The highest BCUT2D eigenvalue weighted by molar-refractivity contribution is 5.85. The highest BCUT2D eigenvalue weighted by atomic mass is 16.5. The molecule has 0 saturated heterocycles. The molecule has 0 amide bonds. The lowest BCUT2D eigenvalue weighted by Crippen LogP contribution is -2.22. The van der Waals surface area contributed by atoms with Gasteiger partial charge in [0.15, 0.2) is 6.10 Å².